The number of hydrogen-bond donors (Lipinski definition) is 1. The van der Waals surface area contributed by atoms with Crippen molar-refractivity contribution in [3.63, 3.8) is 0 Å². The van der Waals surface area contributed by atoms with Gasteiger partial charge in [0.1, 0.15) is 0 Å². The van der Waals surface area contributed by atoms with Crippen LogP contribution >= 0.6 is 0 Å². The third kappa shape index (κ3) is 4.37. The number of aromatic nitrogens is 4. The molecule has 0 unspecified atom stereocenters. The van der Waals surface area contributed by atoms with E-state index in [2.05, 4.69) is 20.3 Å². The maximum atomic E-state index is 11.9. The van der Waals surface area contributed by atoms with Gasteiger partial charge < -0.3 is 9.88 Å². The van der Waals surface area contributed by atoms with Crippen molar-refractivity contribution < 1.29 is 4.79 Å². The van der Waals surface area contributed by atoms with Gasteiger partial charge in [-0.15, -0.1) is 0 Å². The molecule has 1 amide bonds. The number of nitrogens with zero attached hydrogens (tertiary/aromatic N) is 4. The summed E-state index contributed by atoms with van der Waals surface area (Å²) in [7, 11) is 0. The molecule has 0 bridgehead atoms. The summed E-state index contributed by atoms with van der Waals surface area (Å²) in [6.07, 6.45) is 13.9. The Labute approximate surface area is 136 Å². The SMILES string of the molecule is O=C(CCC1CCCC1)NCCn1ccnc1-c1ncccn1. The zero-order chi connectivity index (χ0) is 15.9. The Morgan fingerprint density at radius 1 is 1.17 bits per heavy atom. The number of hydrogen-bond acceptors (Lipinski definition) is 4. The lowest BCUT2D eigenvalue weighted by atomic mass is 10.0. The molecule has 3 rings (SSSR count). The second kappa shape index (κ2) is 7.85. The van der Waals surface area contributed by atoms with E-state index in [0.717, 1.165) is 18.2 Å². The van der Waals surface area contributed by atoms with Gasteiger partial charge in [0.2, 0.25) is 5.91 Å². The molecule has 0 atom stereocenters. The van der Waals surface area contributed by atoms with E-state index < -0.39 is 0 Å². The molecule has 1 aliphatic carbocycles. The van der Waals surface area contributed by atoms with Crippen molar-refractivity contribution in [3.05, 3.63) is 30.9 Å². The van der Waals surface area contributed by atoms with Crippen LogP contribution in [-0.4, -0.2) is 32.0 Å². The molecule has 1 fully saturated rings. The quantitative estimate of drug-likeness (QED) is 0.852. The summed E-state index contributed by atoms with van der Waals surface area (Å²) >= 11 is 0. The standard InChI is InChI=1S/C17H23N5O/c23-15(7-6-14-4-1-2-5-14)18-10-12-22-13-11-21-17(22)16-19-8-3-9-20-16/h3,8-9,11,13-14H,1-2,4-7,10,12H2,(H,18,23). The van der Waals surface area contributed by atoms with Crippen LogP contribution in [0.3, 0.4) is 0 Å². The number of carbonyl (C=O) groups is 1. The fourth-order valence-corrected chi connectivity index (χ4v) is 3.15. The van der Waals surface area contributed by atoms with Crippen LogP contribution in [0.2, 0.25) is 0 Å². The normalized spacial score (nSPS) is 15.0. The minimum absolute atomic E-state index is 0.148. The van der Waals surface area contributed by atoms with Crippen LogP contribution in [0.5, 0.6) is 0 Å². The van der Waals surface area contributed by atoms with E-state index >= 15 is 0 Å². The van der Waals surface area contributed by atoms with Gasteiger partial charge in [-0.25, -0.2) is 15.0 Å². The smallest absolute Gasteiger partial charge is 0.220 e. The number of nitrogens with one attached hydrogen (secondary N) is 1. The van der Waals surface area contributed by atoms with E-state index in [0.29, 0.717) is 25.3 Å². The lowest BCUT2D eigenvalue weighted by Crippen LogP contribution is -2.27. The molecule has 122 valence electrons. The van der Waals surface area contributed by atoms with Crippen molar-refractivity contribution in [2.24, 2.45) is 5.92 Å². The summed E-state index contributed by atoms with van der Waals surface area (Å²) in [5.74, 6) is 2.24. The molecular formula is C17H23N5O. The Balaban J connectivity index is 1.44. The van der Waals surface area contributed by atoms with Crippen LogP contribution in [0.1, 0.15) is 38.5 Å². The summed E-state index contributed by atoms with van der Waals surface area (Å²) in [6, 6.07) is 1.78. The number of amides is 1. The Morgan fingerprint density at radius 2 is 1.96 bits per heavy atom. The van der Waals surface area contributed by atoms with Crippen molar-refractivity contribution in [3.8, 4) is 11.6 Å². The Bertz CT molecular complexity index is 619. The molecule has 0 radical (unpaired) electrons. The van der Waals surface area contributed by atoms with Gasteiger partial charge in [-0.2, -0.15) is 0 Å². The first kappa shape index (κ1) is 15.6. The van der Waals surface area contributed by atoms with E-state index in [1.165, 1.54) is 25.7 Å². The minimum atomic E-state index is 0.148. The van der Waals surface area contributed by atoms with Crippen LogP contribution in [0.15, 0.2) is 30.9 Å². The van der Waals surface area contributed by atoms with Gasteiger partial charge in [-0.05, 0) is 18.4 Å². The largest absolute Gasteiger partial charge is 0.354 e. The van der Waals surface area contributed by atoms with Gasteiger partial charge in [0.15, 0.2) is 11.6 Å². The second-order valence-electron chi connectivity index (χ2n) is 6.06. The molecule has 1 N–H and O–H groups in total. The highest BCUT2D eigenvalue weighted by Gasteiger charge is 2.16. The summed E-state index contributed by atoms with van der Waals surface area (Å²) in [5.41, 5.74) is 0. The lowest BCUT2D eigenvalue weighted by Gasteiger charge is -2.10. The first-order valence-electron chi connectivity index (χ1n) is 8.38. The monoisotopic (exact) mass is 313 g/mol. The zero-order valence-corrected chi connectivity index (χ0v) is 13.3. The van der Waals surface area contributed by atoms with Gasteiger partial charge in [0, 0.05) is 44.3 Å². The summed E-state index contributed by atoms with van der Waals surface area (Å²) in [4.78, 5) is 24.7. The predicted octanol–water partition coefficient (Wildman–Crippen LogP) is 2.43. The van der Waals surface area contributed by atoms with Crippen molar-refractivity contribution in [2.45, 2.75) is 45.1 Å². The first-order chi connectivity index (χ1) is 11.3. The van der Waals surface area contributed by atoms with Gasteiger partial charge in [-0.1, -0.05) is 25.7 Å². The van der Waals surface area contributed by atoms with Crippen LogP contribution in [0, 0.1) is 5.92 Å². The molecule has 0 aromatic carbocycles. The highest BCUT2D eigenvalue weighted by atomic mass is 16.1. The van der Waals surface area contributed by atoms with Gasteiger partial charge in [0.05, 0.1) is 0 Å². The van der Waals surface area contributed by atoms with Crippen molar-refractivity contribution >= 4 is 5.91 Å². The van der Waals surface area contributed by atoms with E-state index in [9.17, 15) is 4.79 Å². The average molecular weight is 313 g/mol. The van der Waals surface area contributed by atoms with Gasteiger partial charge in [0.25, 0.3) is 0 Å². The summed E-state index contributed by atoms with van der Waals surface area (Å²) in [5, 5.41) is 3.00. The number of imidazole rings is 1. The maximum absolute atomic E-state index is 11.9. The zero-order valence-electron chi connectivity index (χ0n) is 13.3. The highest BCUT2D eigenvalue weighted by Crippen LogP contribution is 2.28. The Morgan fingerprint density at radius 3 is 2.74 bits per heavy atom. The molecule has 2 heterocycles. The third-order valence-corrected chi connectivity index (χ3v) is 4.41. The molecule has 2 aromatic heterocycles. The fourth-order valence-electron chi connectivity index (χ4n) is 3.15. The molecule has 6 heteroatoms. The first-order valence-corrected chi connectivity index (χ1v) is 8.38. The minimum Gasteiger partial charge on any atom is -0.354 e. The topological polar surface area (TPSA) is 72.7 Å². The van der Waals surface area contributed by atoms with E-state index in [4.69, 9.17) is 0 Å². The van der Waals surface area contributed by atoms with E-state index in [-0.39, 0.29) is 5.91 Å². The Hall–Kier alpha value is -2.24. The molecule has 2 aromatic rings. The maximum Gasteiger partial charge on any atom is 0.220 e. The molecule has 1 aliphatic rings. The highest BCUT2D eigenvalue weighted by molar-refractivity contribution is 5.75. The number of carbonyl (C=O) groups excluding carboxylic acids is 1. The molecule has 1 saturated carbocycles. The molecule has 0 spiro atoms. The number of rotatable bonds is 7. The van der Waals surface area contributed by atoms with Crippen molar-refractivity contribution in [1.82, 2.24) is 24.8 Å². The van der Waals surface area contributed by atoms with Gasteiger partial charge in [-0.3, -0.25) is 4.79 Å². The summed E-state index contributed by atoms with van der Waals surface area (Å²) in [6.45, 7) is 1.27. The van der Waals surface area contributed by atoms with Crippen molar-refractivity contribution in [2.75, 3.05) is 6.54 Å². The van der Waals surface area contributed by atoms with Gasteiger partial charge >= 0.3 is 0 Å². The fraction of sp³-hybridized carbons (Fsp3) is 0.529. The summed E-state index contributed by atoms with van der Waals surface area (Å²) < 4.78 is 1.96. The molecular weight excluding hydrogens is 290 g/mol. The van der Waals surface area contributed by atoms with Crippen LogP contribution < -0.4 is 5.32 Å². The lowest BCUT2D eigenvalue weighted by molar-refractivity contribution is -0.121. The van der Waals surface area contributed by atoms with E-state index in [1.807, 2.05) is 10.8 Å². The molecule has 0 saturated heterocycles. The average Bonchev–Trinajstić information content (AvgIpc) is 3.25. The van der Waals surface area contributed by atoms with Crippen LogP contribution in [0.25, 0.3) is 11.6 Å². The van der Waals surface area contributed by atoms with Crippen LogP contribution in [-0.2, 0) is 11.3 Å². The second-order valence-corrected chi connectivity index (χ2v) is 6.06. The molecule has 23 heavy (non-hydrogen) atoms. The Kier molecular flexibility index (Phi) is 5.34. The van der Waals surface area contributed by atoms with Crippen LogP contribution in [0.4, 0.5) is 0 Å². The predicted molar refractivity (Wildman–Crippen MR) is 87.5 cm³/mol. The molecule has 6 nitrogen and oxygen atoms in total. The van der Waals surface area contributed by atoms with E-state index in [1.54, 1.807) is 24.7 Å². The molecule has 0 aliphatic heterocycles. The van der Waals surface area contributed by atoms with Crippen molar-refractivity contribution in [1.29, 1.82) is 0 Å². The third-order valence-electron chi connectivity index (χ3n) is 4.41.